The zero-order valence-corrected chi connectivity index (χ0v) is 16.8. The molecule has 2 saturated heterocycles. The number of pyridine rings is 2. The number of rotatable bonds is 3. The Labute approximate surface area is 167 Å². The van der Waals surface area contributed by atoms with E-state index < -0.39 is 0 Å². The normalized spacial score (nSPS) is 19.1. The molecule has 1 amide bonds. The molecular formula is C22H29N5O. The van der Waals surface area contributed by atoms with Crippen molar-refractivity contribution in [2.24, 2.45) is 0 Å². The van der Waals surface area contributed by atoms with E-state index in [9.17, 15) is 4.79 Å². The Kier molecular flexibility index (Phi) is 5.57. The summed E-state index contributed by atoms with van der Waals surface area (Å²) in [6.45, 7) is 7.60. The highest BCUT2D eigenvalue weighted by Gasteiger charge is 2.26. The number of hydrogen-bond donors (Lipinski definition) is 0. The number of anilines is 1. The minimum atomic E-state index is 0.0526. The van der Waals surface area contributed by atoms with Crippen molar-refractivity contribution < 1.29 is 4.79 Å². The second-order valence-electron chi connectivity index (χ2n) is 8.03. The van der Waals surface area contributed by atoms with Crippen LogP contribution in [0.4, 0.5) is 5.82 Å². The van der Waals surface area contributed by atoms with E-state index in [1.807, 2.05) is 35.5 Å². The van der Waals surface area contributed by atoms with Crippen molar-refractivity contribution in [2.45, 2.75) is 25.7 Å². The van der Waals surface area contributed by atoms with E-state index >= 15 is 0 Å². The third-order valence-electron chi connectivity index (χ3n) is 5.93. The molecule has 148 valence electrons. The van der Waals surface area contributed by atoms with Crippen LogP contribution in [-0.4, -0.2) is 72.0 Å². The molecule has 0 unspecified atom stereocenters. The SMILES string of the molecule is Cc1cncc(C2CCN(C(=O)c3cccc(N4CCN(C)CC4)n3)CC2)c1. The quantitative estimate of drug-likeness (QED) is 0.820. The molecule has 0 aromatic carbocycles. The van der Waals surface area contributed by atoms with Crippen LogP contribution in [0, 0.1) is 6.92 Å². The second kappa shape index (κ2) is 8.27. The summed E-state index contributed by atoms with van der Waals surface area (Å²) < 4.78 is 0. The first-order valence-electron chi connectivity index (χ1n) is 10.2. The Morgan fingerprint density at radius 3 is 2.50 bits per heavy atom. The van der Waals surface area contributed by atoms with Gasteiger partial charge in [-0.2, -0.15) is 0 Å². The van der Waals surface area contributed by atoms with Crippen molar-refractivity contribution in [3.8, 4) is 0 Å². The number of aromatic nitrogens is 2. The zero-order valence-electron chi connectivity index (χ0n) is 16.8. The maximum absolute atomic E-state index is 13.0. The fourth-order valence-electron chi connectivity index (χ4n) is 4.13. The standard InChI is InChI=1S/C22H29N5O/c1-17-14-19(16-23-15-17)18-6-8-27(9-7-18)22(28)20-4-3-5-21(24-20)26-12-10-25(2)11-13-26/h3-5,14-16,18H,6-13H2,1-2H3. The predicted molar refractivity (Wildman–Crippen MR) is 111 cm³/mol. The third-order valence-corrected chi connectivity index (χ3v) is 5.93. The van der Waals surface area contributed by atoms with Crippen molar-refractivity contribution in [1.82, 2.24) is 19.8 Å². The summed E-state index contributed by atoms with van der Waals surface area (Å²) in [4.78, 5) is 28.6. The van der Waals surface area contributed by atoms with Gasteiger partial charge in [-0.3, -0.25) is 9.78 Å². The number of likely N-dealkylation sites (N-methyl/N-ethyl adjacent to an activating group) is 1. The van der Waals surface area contributed by atoms with E-state index in [0.29, 0.717) is 11.6 Å². The number of carbonyl (C=O) groups is 1. The van der Waals surface area contributed by atoms with Crippen LogP contribution in [0.3, 0.4) is 0 Å². The first-order valence-corrected chi connectivity index (χ1v) is 10.2. The molecule has 0 radical (unpaired) electrons. The smallest absolute Gasteiger partial charge is 0.272 e. The summed E-state index contributed by atoms with van der Waals surface area (Å²) >= 11 is 0. The molecule has 2 aliphatic rings. The minimum Gasteiger partial charge on any atom is -0.354 e. The molecule has 0 spiro atoms. The fourth-order valence-corrected chi connectivity index (χ4v) is 4.13. The lowest BCUT2D eigenvalue weighted by Crippen LogP contribution is -2.45. The fraction of sp³-hybridized carbons (Fsp3) is 0.500. The van der Waals surface area contributed by atoms with Crippen LogP contribution in [0.5, 0.6) is 0 Å². The molecule has 0 N–H and O–H groups in total. The van der Waals surface area contributed by atoms with Crippen LogP contribution < -0.4 is 4.90 Å². The molecule has 4 rings (SSSR count). The highest BCUT2D eigenvalue weighted by Crippen LogP contribution is 2.28. The molecule has 4 heterocycles. The number of likely N-dealkylation sites (tertiary alicyclic amines) is 1. The van der Waals surface area contributed by atoms with E-state index in [0.717, 1.165) is 57.9 Å². The number of aryl methyl sites for hydroxylation is 1. The van der Waals surface area contributed by atoms with Crippen molar-refractivity contribution in [1.29, 1.82) is 0 Å². The van der Waals surface area contributed by atoms with Gasteiger partial charge in [-0.15, -0.1) is 0 Å². The largest absolute Gasteiger partial charge is 0.354 e. The van der Waals surface area contributed by atoms with Crippen LogP contribution in [0.15, 0.2) is 36.7 Å². The lowest BCUT2D eigenvalue weighted by molar-refractivity contribution is 0.0707. The van der Waals surface area contributed by atoms with Crippen LogP contribution in [0.25, 0.3) is 0 Å². The molecule has 0 aliphatic carbocycles. The Balaban J connectivity index is 1.39. The number of piperazine rings is 1. The molecular weight excluding hydrogens is 350 g/mol. The maximum Gasteiger partial charge on any atom is 0.272 e. The number of amides is 1. The summed E-state index contributed by atoms with van der Waals surface area (Å²) in [5.74, 6) is 1.46. The molecule has 6 nitrogen and oxygen atoms in total. The molecule has 0 saturated carbocycles. The molecule has 0 bridgehead atoms. The van der Waals surface area contributed by atoms with Gasteiger partial charge in [0.1, 0.15) is 11.5 Å². The van der Waals surface area contributed by atoms with Gasteiger partial charge < -0.3 is 14.7 Å². The number of carbonyl (C=O) groups excluding carboxylic acids is 1. The van der Waals surface area contributed by atoms with Crippen molar-refractivity contribution in [2.75, 3.05) is 51.2 Å². The van der Waals surface area contributed by atoms with Gasteiger partial charge in [0.2, 0.25) is 0 Å². The van der Waals surface area contributed by atoms with Crippen LogP contribution in [-0.2, 0) is 0 Å². The molecule has 2 aromatic rings. The predicted octanol–water partition coefficient (Wildman–Crippen LogP) is 2.56. The molecule has 6 heteroatoms. The maximum atomic E-state index is 13.0. The summed E-state index contributed by atoms with van der Waals surface area (Å²) in [6, 6.07) is 8.03. The van der Waals surface area contributed by atoms with E-state index in [1.54, 1.807) is 0 Å². The number of nitrogens with zero attached hydrogens (tertiary/aromatic N) is 5. The lowest BCUT2D eigenvalue weighted by Gasteiger charge is -2.34. The Morgan fingerprint density at radius 2 is 1.79 bits per heavy atom. The van der Waals surface area contributed by atoms with Gasteiger partial charge in [0.05, 0.1) is 0 Å². The number of hydrogen-bond acceptors (Lipinski definition) is 5. The minimum absolute atomic E-state index is 0.0526. The Morgan fingerprint density at radius 1 is 1.04 bits per heavy atom. The second-order valence-corrected chi connectivity index (χ2v) is 8.03. The van der Waals surface area contributed by atoms with E-state index in [2.05, 4.69) is 34.8 Å². The summed E-state index contributed by atoms with van der Waals surface area (Å²) in [5, 5.41) is 0. The first kappa shape index (κ1) is 18.9. The summed E-state index contributed by atoms with van der Waals surface area (Å²) in [5.41, 5.74) is 3.05. The van der Waals surface area contributed by atoms with E-state index in [-0.39, 0.29) is 5.91 Å². The average molecular weight is 380 g/mol. The van der Waals surface area contributed by atoms with Crippen LogP contribution >= 0.6 is 0 Å². The highest BCUT2D eigenvalue weighted by molar-refractivity contribution is 5.92. The van der Waals surface area contributed by atoms with Crippen molar-refractivity contribution in [3.05, 3.63) is 53.5 Å². The van der Waals surface area contributed by atoms with E-state index in [4.69, 9.17) is 4.98 Å². The Bertz CT molecular complexity index is 823. The van der Waals surface area contributed by atoms with Gasteiger partial charge in [-0.25, -0.2) is 4.98 Å². The molecule has 0 atom stereocenters. The highest BCUT2D eigenvalue weighted by atomic mass is 16.2. The molecule has 2 aliphatic heterocycles. The monoisotopic (exact) mass is 379 g/mol. The van der Waals surface area contributed by atoms with Gasteiger partial charge in [-0.05, 0) is 56.0 Å². The van der Waals surface area contributed by atoms with Gasteiger partial charge >= 0.3 is 0 Å². The molecule has 28 heavy (non-hydrogen) atoms. The van der Waals surface area contributed by atoms with E-state index in [1.165, 1.54) is 11.1 Å². The van der Waals surface area contributed by atoms with Crippen molar-refractivity contribution >= 4 is 11.7 Å². The first-order chi connectivity index (χ1) is 13.6. The van der Waals surface area contributed by atoms with Gasteiger partial charge in [-0.1, -0.05) is 12.1 Å². The third kappa shape index (κ3) is 4.17. The van der Waals surface area contributed by atoms with Gasteiger partial charge in [0.25, 0.3) is 5.91 Å². The average Bonchev–Trinajstić information content (AvgIpc) is 2.74. The van der Waals surface area contributed by atoms with Crippen LogP contribution in [0.2, 0.25) is 0 Å². The van der Waals surface area contributed by atoms with Gasteiger partial charge in [0.15, 0.2) is 0 Å². The Hall–Kier alpha value is -2.47. The lowest BCUT2D eigenvalue weighted by atomic mass is 9.90. The summed E-state index contributed by atoms with van der Waals surface area (Å²) in [7, 11) is 2.14. The van der Waals surface area contributed by atoms with Crippen LogP contribution in [0.1, 0.15) is 40.4 Å². The van der Waals surface area contributed by atoms with Crippen molar-refractivity contribution in [3.63, 3.8) is 0 Å². The van der Waals surface area contributed by atoms with Gasteiger partial charge in [0, 0.05) is 51.7 Å². The summed E-state index contributed by atoms with van der Waals surface area (Å²) in [6.07, 6.45) is 5.82. The zero-order chi connectivity index (χ0) is 19.5. The number of piperidine rings is 1. The topological polar surface area (TPSA) is 52.6 Å². The molecule has 2 fully saturated rings. The molecule has 2 aromatic heterocycles.